The number of hydrogen-bond acceptors (Lipinski definition) is 4. The maximum Gasteiger partial charge on any atom is 0.318 e. The van der Waals surface area contributed by atoms with Crippen molar-refractivity contribution in [3.05, 3.63) is 35.4 Å². The van der Waals surface area contributed by atoms with E-state index in [1.165, 1.54) is 0 Å². The molecule has 7 heteroatoms. The molecule has 1 saturated carbocycles. The van der Waals surface area contributed by atoms with Gasteiger partial charge in [0.2, 0.25) is 5.91 Å². The normalized spacial score (nSPS) is 15.1. The molecular weight excluding hydrogens is 296 g/mol. The minimum absolute atomic E-state index is 0.0541. The maximum absolute atomic E-state index is 11.9. The van der Waals surface area contributed by atoms with E-state index < -0.39 is 18.0 Å². The van der Waals surface area contributed by atoms with Gasteiger partial charge in [-0.1, -0.05) is 12.1 Å². The zero-order valence-corrected chi connectivity index (χ0v) is 13.3. The summed E-state index contributed by atoms with van der Waals surface area (Å²) in [5, 5.41) is 5.00. The fourth-order valence-electron chi connectivity index (χ4n) is 2.11. The van der Waals surface area contributed by atoms with E-state index in [-0.39, 0.29) is 5.91 Å². The van der Waals surface area contributed by atoms with Crippen LogP contribution in [0.15, 0.2) is 24.3 Å². The number of likely N-dealkylation sites (N-methyl/N-ethyl adjacent to an activating group) is 1. The van der Waals surface area contributed by atoms with Crippen LogP contribution in [0.25, 0.3) is 0 Å². The Balaban J connectivity index is 1.90. The van der Waals surface area contributed by atoms with Crippen LogP contribution in [0.1, 0.15) is 35.7 Å². The van der Waals surface area contributed by atoms with Crippen LogP contribution in [-0.2, 0) is 11.3 Å². The molecule has 0 bridgehead atoms. The van der Waals surface area contributed by atoms with Gasteiger partial charge in [0.1, 0.15) is 0 Å². The van der Waals surface area contributed by atoms with E-state index in [0.29, 0.717) is 18.2 Å². The van der Waals surface area contributed by atoms with Crippen molar-refractivity contribution in [2.75, 3.05) is 7.05 Å². The van der Waals surface area contributed by atoms with Gasteiger partial charge in [-0.3, -0.25) is 19.8 Å². The van der Waals surface area contributed by atoms with Crippen molar-refractivity contribution in [2.24, 2.45) is 5.73 Å². The van der Waals surface area contributed by atoms with Crippen LogP contribution in [0.3, 0.4) is 0 Å². The third-order valence-electron chi connectivity index (χ3n) is 3.85. The molecule has 1 aliphatic carbocycles. The number of carbonyl (C=O) groups is 3. The van der Waals surface area contributed by atoms with Crippen LogP contribution < -0.4 is 16.4 Å². The summed E-state index contributed by atoms with van der Waals surface area (Å²) in [5.74, 6) is -0.498. The van der Waals surface area contributed by atoms with Gasteiger partial charge >= 0.3 is 6.03 Å². The van der Waals surface area contributed by atoms with Crippen molar-refractivity contribution in [3.63, 3.8) is 0 Å². The number of carbonyl (C=O) groups excluding carboxylic acids is 3. The molecule has 4 N–H and O–H groups in total. The fourth-order valence-corrected chi connectivity index (χ4v) is 2.11. The molecule has 0 heterocycles. The first-order valence-electron chi connectivity index (χ1n) is 7.57. The van der Waals surface area contributed by atoms with Crippen molar-refractivity contribution >= 4 is 17.8 Å². The van der Waals surface area contributed by atoms with Crippen molar-refractivity contribution in [3.8, 4) is 0 Å². The number of amides is 4. The smallest absolute Gasteiger partial charge is 0.318 e. The van der Waals surface area contributed by atoms with Crippen molar-refractivity contribution in [2.45, 2.75) is 38.4 Å². The second-order valence-electron chi connectivity index (χ2n) is 5.89. The van der Waals surface area contributed by atoms with Gasteiger partial charge in [-0.2, -0.15) is 0 Å². The quantitative estimate of drug-likeness (QED) is 0.714. The number of nitrogens with two attached hydrogens (primary N) is 1. The van der Waals surface area contributed by atoms with Crippen LogP contribution in [0.2, 0.25) is 0 Å². The Hall–Kier alpha value is -2.41. The van der Waals surface area contributed by atoms with Crippen LogP contribution in [0, 0.1) is 0 Å². The standard InChI is InChI=1S/C16H22N4O3/c1-10(14(21)19-16(17)23)20(2)9-11-3-5-12(6-4-11)15(22)18-13-7-8-13/h3-6,10,13H,7-9H2,1-2H3,(H,18,22)(H3,17,19,21,23)/t10-/m1/s1. The van der Waals surface area contributed by atoms with Crippen molar-refractivity contribution in [1.29, 1.82) is 0 Å². The van der Waals surface area contributed by atoms with Crippen LogP contribution in [0.4, 0.5) is 4.79 Å². The summed E-state index contributed by atoms with van der Waals surface area (Å²) in [5.41, 5.74) is 6.53. The van der Waals surface area contributed by atoms with E-state index in [1.807, 2.05) is 12.1 Å². The van der Waals surface area contributed by atoms with Gasteiger partial charge in [-0.25, -0.2) is 4.79 Å². The van der Waals surface area contributed by atoms with Gasteiger partial charge in [-0.05, 0) is 44.5 Å². The molecule has 1 atom stereocenters. The molecular formula is C16H22N4O3. The lowest BCUT2D eigenvalue weighted by Crippen LogP contribution is -2.46. The number of primary amides is 1. The highest BCUT2D eigenvalue weighted by Crippen LogP contribution is 2.19. The predicted octanol–water partition coefficient (Wildman–Crippen LogP) is 0.594. The number of imide groups is 1. The number of nitrogens with zero attached hydrogens (tertiary/aromatic N) is 1. The molecule has 1 aromatic rings. The molecule has 7 nitrogen and oxygen atoms in total. The van der Waals surface area contributed by atoms with Crippen LogP contribution in [-0.4, -0.2) is 41.9 Å². The number of urea groups is 1. The molecule has 23 heavy (non-hydrogen) atoms. The second-order valence-corrected chi connectivity index (χ2v) is 5.89. The molecule has 0 saturated heterocycles. The van der Waals surface area contributed by atoms with E-state index in [2.05, 4.69) is 10.6 Å². The Morgan fingerprint density at radius 2 is 1.87 bits per heavy atom. The zero-order chi connectivity index (χ0) is 17.0. The number of benzene rings is 1. The maximum atomic E-state index is 11.9. The lowest BCUT2D eigenvalue weighted by Gasteiger charge is -2.23. The Bertz CT molecular complexity index is 596. The average Bonchev–Trinajstić information content (AvgIpc) is 3.30. The van der Waals surface area contributed by atoms with Gasteiger partial charge < -0.3 is 11.1 Å². The number of hydrogen-bond donors (Lipinski definition) is 3. The molecule has 1 aromatic carbocycles. The SMILES string of the molecule is C[C@H](C(=O)NC(N)=O)N(C)Cc1ccc(C(=O)NC2CC2)cc1. The fraction of sp³-hybridized carbons (Fsp3) is 0.438. The summed E-state index contributed by atoms with van der Waals surface area (Å²) >= 11 is 0. The van der Waals surface area contributed by atoms with Gasteiger partial charge in [0, 0.05) is 18.2 Å². The van der Waals surface area contributed by atoms with Gasteiger partial charge in [-0.15, -0.1) is 0 Å². The Morgan fingerprint density at radius 1 is 1.26 bits per heavy atom. The largest absolute Gasteiger partial charge is 0.351 e. The highest BCUT2D eigenvalue weighted by Gasteiger charge is 2.24. The van der Waals surface area contributed by atoms with Gasteiger partial charge in [0.15, 0.2) is 0 Å². The summed E-state index contributed by atoms with van der Waals surface area (Å²) < 4.78 is 0. The van der Waals surface area contributed by atoms with E-state index in [0.717, 1.165) is 18.4 Å². The van der Waals surface area contributed by atoms with Gasteiger partial charge in [0.05, 0.1) is 6.04 Å². The summed E-state index contributed by atoms with van der Waals surface area (Å²) in [4.78, 5) is 36.1. The molecule has 0 spiro atoms. The van der Waals surface area contributed by atoms with Crippen molar-refractivity contribution < 1.29 is 14.4 Å². The summed E-state index contributed by atoms with van der Waals surface area (Å²) in [6, 6.07) is 6.23. The van der Waals surface area contributed by atoms with Gasteiger partial charge in [0.25, 0.3) is 5.91 Å². The molecule has 124 valence electrons. The predicted molar refractivity (Wildman–Crippen MR) is 85.6 cm³/mol. The number of rotatable bonds is 6. The van der Waals surface area contributed by atoms with E-state index in [4.69, 9.17) is 5.73 Å². The van der Waals surface area contributed by atoms with Crippen molar-refractivity contribution in [1.82, 2.24) is 15.5 Å². The third kappa shape index (κ3) is 5.07. The monoisotopic (exact) mass is 318 g/mol. The molecule has 0 aliphatic heterocycles. The van der Waals surface area contributed by atoms with E-state index in [1.54, 1.807) is 31.0 Å². The third-order valence-corrected chi connectivity index (χ3v) is 3.85. The number of nitrogens with one attached hydrogen (secondary N) is 2. The molecule has 1 aliphatic rings. The highest BCUT2D eigenvalue weighted by molar-refractivity contribution is 5.96. The lowest BCUT2D eigenvalue weighted by atomic mass is 10.1. The summed E-state index contributed by atoms with van der Waals surface area (Å²) in [7, 11) is 1.78. The molecule has 0 aromatic heterocycles. The minimum Gasteiger partial charge on any atom is -0.351 e. The molecule has 4 amide bonds. The first-order chi connectivity index (χ1) is 10.9. The molecule has 0 unspecified atom stereocenters. The van der Waals surface area contributed by atoms with Crippen LogP contribution >= 0.6 is 0 Å². The highest BCUT2D eigenvalue weighted by atomic mass is 16.2. The summed E-state index contributed by atoms with van der Waals surface area (Å²) in [6.45, 7) is 2.20. The Morgan fingerprint density at radius 3 is 2.39 bits per heavy atom. The first-order valence-corrected chi connectivity index (χ1v) is 7.57. The first kappa shape index (κ1) is 17.0. The van der Waals surface area contributed by atoms with Crippen LogP contribution in [0.5, 0.6) is 0 Å². The average molecular weight is 318 g/mol. The zero-order valence-electron chi connectivity index (χ0n) is 13.3. The topological polar surface area (TPSA) is 105 Å². The molecule has 2 rings (SSSR count). The lowest BCUT2D eigenvalue weighted by molar-refractivity contribution is -0.124. The second kappa shape index (κ2) is 7.23. The Labute approximate surface area is 135 Å². The van der Waals surface area contributed by atoms with E-state index in [9.17, 15) is 14.4 Å². The Kier molecular flexibility index (Phi) is 5.33. The molecule has 0 radical (unpaired) electrons. The minimum atomic E-state index is -0.860. The summed E-state index contributed by atoms with van der Waals surface area (Å²) in [6.07, 6.45) is 2.11. The molecule has 1 fully saturated rings. The van der Waals surface area contributed by atoms with E-state index >= 15 is 0 Å².